The van der Waals surface area contributed by atoms with Crippen LogP contribution in [0.5, 0.6) is 0 Å². The summed E-state index contributed by atoms with van der Waals surface area (Å²) in [6.45, 7) is 8.56. The number of aromatic amines is 1. The van der Waals surface area contributed by atoms with Crippen molar-refractivity contribution in [1.29, 1.82) is 0 Å². The van der Waals surface area contributed by atoms with Gasteiger partial charge < -0.3 is 24.4 Å². The van der Waals surface area contributed by atoms with Crippen LogP contribution in [0.25, 0.3) is 44.8 Å². The predicted molar refractivity (Wildman–Crippen MR) is 203 cm³/mol. The van der Waals surface area contributed by atoms with Crippen LogP contribution in [-0.2, 0) is 9.53 Å². The number of anilines is 1. The lowest BCUT2D eigenvalue weighted by atomic mass is 10.1. The molecule has 6 aromatic rings. The Bertz CT molecular complexity index is 2200. The molecule has 0 radical (unpaired) electrons. The molecule has 13 heteroatoms. The molecule has 4 aromatic carbocycles. The highest BCUT2D eigenvalue weighted by atomic mass is 79.9. The molecule has 1 N–H and O–H groups in total. The second kappa shape index (κ2) is 15.2. The molecule has 1 fully saturated rings. The van der Waals surface area contributed by atoms with Crippen molar-refractivity contribution in [2.75, 3.05) is 51.7 Å². The number of para-hydroxylation sites is 4. The smallest absolute Gasteiger partial charge is 0.420 e. The first kappa shape index (κ1) is 36.6. The van der Waals surface area contributed by atoms with Gasteiger partial charge in [-0.1, -0.05) is 40.2 Å². The summed E-state index contributed by atoms with van der Waals surface area (Å²) in [5, 5.41) is 0. The third kappa shape index (κ3) is 8.32. The average Bonchev–Trinajstić information content (AvgIpc) is 3.71. The number of hydrogen-bond donors (Lipinski definition) is 1. The molecule has 0 atom stereocenters. The SMILES string of the molecule is CC(C)(C)OC(=O)n1c(-c2cc(Br)ccc2F)nc2ccccc21.CN(C)CC(=O)N1CCN(c2ccc(F)c(-c3nc4ccccc4[nH]3)c2)CC1. The summed E-state index contributed by atoms with van der Waals surface area (Å²) in [4.78, 5) is 43.0. The van der Waals surface area contributed by atoms with Crippen molar-refractivity contribution in [2.45, 2.75) is 26.4 Å². The molecule has 1 amide bonds. The summed E-state index contributed by atoms with van der Waals surface area (Å²) in [6, 6.07) is 24.5. The first-order chi connectivity index (χ1) is 24.8. The average molecular weight is 773 g/mol. The van der Waals surface area contributed by atoms with E-state index >= 15 is 0 Å². The van der Waals surface area contributed by atoms with Crippen LogP contribution in [0.1, 0.15) is 20.8 Å². The van der Waals surface area contributed by atoms with E-state index in [0.29, 0.717) is 46.5 Å². The Morgan fingerprint density at radius 1 is 0.846 bits per heavy atom. The number of benzene rings is 4. The lowest BCUT2D eigenvalue weighted by Crippen LogP contribution is -2.50. The summed E-state index contributed by atoms with van der Waals surface area (Å²) in [6.07, 6.45) is -0.592. The number of hydrogen-bond acceptors (Lipinski definition) is 7. The van der Waals surface area contributed by atoms with Gasteiger partial charge in [-0.25, -0.2) is 28.1 Å². The number of H-pyrrole nitrogens is 1. The molecule has 10 nitrogen and oxygen atoms in total. The van der Waals surface area contributed by atoms with E-state index in [-0.39, 0.29) is 23.1 Å². The summed E-state index contributed by atoms with van der Waals surface area (Å²) < 4.78 is 36.3. The number of halogens is 3. The number of rotatable bonds is 5. The van der Waals surface area contributed by atoms with Crippen LogP contribution in [0.15, 0.2) is 89.4 Å². The fraction of sp³-hybridized carbons (Fsp3) is 0.282. The number of likely N-dealkylation sites (N-methyl/N-ethyl adjacent to an activating group) is 1. The second-order valence-corrected chi connectivity index (χ2v) is 14.7. The van der Waals surface area contributed by atoms with Gasteiger partial charge in [0.15, 0.2) is 5.82 Å². The number of ether oxygens (including phenoxy) is 1. The number of nitrogens with one attached hydrogen (secondary N) is 1. The Kier molecular flexibility index (Phi) is 10.7. The topological polar surface area (TPSA) is 99.6 Å². The minimum atomic E-state index is -0.671. The van der Waals surface area contributed by atoms with Crippen molar-refractivity contribution in [1.82, 2.24) is 29.3 Å². The minimum Gasteiger partial charge on any atom is -0.443 e. The monoisotopic (exact) mass is 771 g/mol. The zero-order valence-electron chi connectivity index (χ0n) is 29.7. The van der Waals surface area contributed by atoms with E-state index in [1.165, 1.54) is 16.7 Å². The van der Waals surface area contributed by atoms with Gasteiger partial charge in [0.1, 0.15) is 23.1 Å². The van der Waals surface area contributed by atoms with E-state index in [1.807, 2.05) is 60.3 Å². The number of amides is 1. The third-order valence-corrected chi connectivity index (χ3v) is 8.84. The van der Waals surface area contributed by atoms with Gasteiger partial charge in [-0.2, -0.15) is 0 Å². The summed E-state index contributed by atoms with van der Waals surface area (Å²) in [5.41, 5.74) is 3.82. The van der Waals surface area contributed by atoms with E-state index in [4.69, 9.17) is 4.74 Å². The van der Waals surface area contributed by atoms with Crippen molar-refractivity contribution in [3.8, 4) is 22.8 Å². The lowest BCUT2D eigenvalue weighted by molar-refractivity contribution is -0.132. The quantitative estimate of drug-likeness (QED) is 0.190. The van der Waals surface area contributed by atoms with Gasteiger partial charge in [0, 0.05) is 36.3 Å². The minimum absolute atomic E-state index is 0.145. The van der Waals surface area contributed by atoms with Crippen LogP contribution in [0.3, 0.4) is 0 Å². The molecule has 270 valence electrons. The maximum absolute atomic E-state index is 14.5. The van der Waals surface area contributed by atoms with Gasteiger partial charge in [-0.05, 0) is 95.5 Å². The first-order valence-electron chi connectivity index (χ1n) is 16.9. The molecule has 0 spiro atoms. The zero-order valence-corrected chi connectivity index (χ0v) is 31.2. The molecular weight excluding hydrogens is 732 g/mol. The predicted octanol–water partition coefficient (Wildman–Crippen LogP) is 7.97. The standard InChI is InChI=1S/C21H24FN5O.C18H16BrFN2O2/c1-25(2)14-20(28)27-11-9-26(10-12-27)15-7-8-17(22)16(13-15)21-23-18-5-3-4-6-19(18)24-21;1-18(2,3)24-17(23)22-15-7-5-4-6-14(15)21-16(22)12-10-11(19)8-9-13(12)20/h3-8,13H,9-12,14H2,1-2H3,(H,23,24);4-10H,1-3H3. The number of carbonyl (C=O) groups excluding carboxylic acids is 2. The Labute approximate surface area is 309 Å². The maximum atomic E-state index is 14.5. The van der Waals surface area contributed by atoms with Gasteiger partial charge in [0.25, 0.3) is 0 Å². The van der Waals surface area contributed by atoms with Crippen molar-refractivity contribution in [3.05, 3.63) is 101 Å². The normalized spacial score (nSPS) is 13.4. The molecule has 1 saturated heterocycles. The highest BCUT2D eigenvalue weighted by molar-refractivity contribution is 9.10. The molecule has 0 unspecified atom stereocenters. The molecule has 52 heavy (non-hydrogen) atoms. The van der Waals surface area contributed by atoms with E-state index in [9.17, 15) is 18.4 Å². The van der Waals surface area contributed by atoms with Gasteiger partial charge in [-0.15, -0.1) is 0 Å². The van der Waals surface area contributed by atoms with Crippen LogP contribution >= 0.6 is 15.9 Å². The summed E-state index contributed by atoms with van der Waals surface area (Å²) >= 11 is 3.33. The number of aromatic nitrogens is 4. The fourth-order valence-corrected chi connectivity index (χ4v) is 6.29. The zero-order chi connectivity index (χ0) is 37.2. The summed E-state index contributed by atoms with van der Waals surface area (Å²) in [5.74, 6) is 0.122. The molecular formula is C39H40BrF2N7O3. The number of imidazole rings is 2. The van der Waals surface area contributed by atoms with Crippen molar-refractivity contribution in [2.24, 2.45) is 0 Å². The molecule has 2 aromatic heterocycles. The Morgan fingerprint density at radius 2 is 1.50 bits per heavy atom. The molecule has 0 bridgehead atoms. The second-order valence-electron chi connectivity index (χ2n) is 13.7. The van der Waals surface area contributed by atoms with E-state index in [0.717, 1.165) is 29.8 Å². The van der Waals surface area contributed by atoms with E-state index < -0.39 is 17.5 Å². The Balaban J connectivity index is 0.000000181. The number of carbonyl (C=O) groups is 2. The van der Waals surface area contributed by atoms with Gasteiger partial charge >= 0.3 is 6.09 Å². The third-order valence-electron chi connectivity index (χ3n) is 8.35. The largest absolute Gasteiger partial charge is 0.443 e. The highest BCUT2D eigenvalue weighted by Crippen LogP contribution is 2.31. The first-order valence-corrected chi connectivity index (χ1v) is 17.6. The van der Waals surface area contributed by atoms with Crippen LogP contribution in [-0.4, -0.2) is 93.7 Å². The highest BCUT2D eigenvalue weighted by Gasteiger charge is 2.26. The van der Waals surface area contributed by atoms with Gasteiger partial charge in [0.05, 0.1) is 39.7 Å². The van der Waals surface area contributed by atoms with Gasteiger partial charge in [0.2, 0.25) is 5.91 Å². The number of nitrogens with zero attached hydrogens (tertiary/aromatic N) is 6. The lowest BCUT2D eigenvalue weighted by Gasteiger charge is -2.36. The Morgan fingerprint density at radius 3 is 2.19 bits per heavy atom. The molecule has 7 rings (SSSR count). The number of piperazine rings is 1. The van der Waals surface area contributed by atoms with Crippen molar-refractivity contribution in [3.63, 3.8) is 0 Å². The van der Waals surface area contributed by atoms with Crippen LogP contribution in [0.2, 0.25) is 0 Å². The Hall–Kier alpha value is -5.14. The van der Waals surface area contributed by atoms with Crippen LogP contribution < -0.4 is 4.90 Å². The van der Waals surface area contributed by atoms with Crippen molar-refractivity contribution >= 4 is 55.7 Å². The van der Waals surface area contributed by atoms with Crippen LogP contribution in [0, 0.1) is 11.6 Å². The van der Waals surface area contributed by atoms with E-state index in [1.54, 1.807) is 57.2 Å². The molecule has 0 saturated carbocycles. The fourth-order valence-electron chi connectivity index (χ4n) is 5.92. The van der Waals surface area contributed by atoms with E-state index in [2.05, 4.69) is 35.8 Å². The molecule has 1 aliphatic heterocycles. The molecule has 3 heterocycles. The summed E-state index contributed by atoms with van der Waals surface area (Å²) in [7, 11) is 3.79. The van der Waals surface area contributed by atoms with Crippen molar-refractivity contribution < 1.29 is 23.1 Å². The maximum Gasteiger partial charge on any atom is 0.420 e. The van der Waals surface area contributed by atoms with Crippen LogP contribution in [0.4, 0.5) is 19.3 Å². The molecule has 1 aliphatic rings. The molecule has 0 aliphatic carbocycles. The van der Waals surface area contributed by atoms with Gasteiger partial charge in [-0.3, -0.25) is 4.79 Å². The number of fused-ring (bicyclic) bond motifs is 2.